The molecule has 0 saturated heterocycles. The molecule has 0 aliphatic heterocycles. The van der Waals surface area contributed by atoms with Gasteiger partial charge in [0.15, 0.2) is 0 Å². The summed E-state index contributed by atoms with van der Waals surface area (Å²) in [5.41, 5.74) is 6.61. The van der Waals surface area contributed by atoms with E-state index < -0.39 is 0 Å². The Labute approximate surface area is 136 Å². The van der Waals surface area contributed by atoms with E-state index in [0.29, 0.717) is 12.3 Å². The summed E-state index contributed by atoms with van der Waals surface area (Å²) in [6, 6.07) is 10.1. The summed E-state index contributed by atoms with van der Waals surface area (Å²) in [4.78, 5) is 10.2. The van der Waals surface area contributed by atoms with Crippen LogP contribution in [0.5, 0.6) is 0 Å². The van der Waals surface area contributed by atoms with Crippen LogP contribution in [0.4, 0.5) is 0 Å². The van der Waals surface area contributed by atoms with Gasteiger partial charge in [0, 0.05) is 6.42 Å². The fourth-order valence-corrected chi connectivity index (χ4v) is 2.20. The molecule has 0 bridgehead atoms. The highest BCUT2D eigenvalue weighted by Gasteiger charge is 2.01. The first-order valence-electron chi connectivity index (χ1n) is 8.55. The number of nitrogens with two attached hydrogens (primary N) is 1. The maximum atomic E-state index is 10.2. The van der Waals surface area contributed by atoms with Crippen molar-refractivity contribution >= 4 is 6.29 Å². The largest absolute Gasteiger partial charge is 0.330 e. The van der Waals surface area contributed by atoms with Crippen LogP contribution >= 0.6 is 0 Å². The van der Waals surface area contributed by atoms with Gasteiger partial charge in [-0.05, 0) is 37.3 Å². The van der Waals surface area contributed by atoms with Crippen molar-refractivity contribution in [2.24, 2.45) is 5.73 Å². The molecule has 1 rings (SSSR count). The molecule has 2 heteroatoms. The zero-order valence-corrected chi connectivity index (χ0v) is 14.2. The molecule has 1 aromatic rings. The smallest absolute Gasteiger partial charge is 0.120 e. The maximum absolute atomic E-state index is 10.2. The van der Waals surface area contributed by atoms with Crippen LogP contribution in [-0.2, 0) is 4.79 Å². The summed E-state index contributed by atoms with van der Waals surface area (Å²) in [5, 5.41) is 0. The molecule has 0 fully saturated rings. The second kappa shape index (κ2) is 16.0. The number of carbonyl (C=O) groups is 1. The first kappa shape index (κ1) is 20.6. The molecule has 0 saturated carbocycles. The van der Waals surface area contributed by atoms with Gasteiger partial charge in [-0.2, -0.15) is 0 Å². The third kappa shape index (κ3) is 12.3. The molecule has 1 unspecified atom stereocenters. The van der Waals surface area contributed by atoms with Crippen molar-refractivity contribution < 1.29 is 4.79 Å². The van der Waals surface area contributed by atoms with E-state index in [-0.39, 0.29) is 0 Å². The van der Waals surface area contributed by atoms with Crippen molar-refractivity contribution in [3.8, 4) is 0 Å². The molecule has 1 aromatic carbocycles. The second-order valence-electron chi connectivity index (χ2n) is 5.70. The quantitative estimate of drug-likeness (QED) is 0.345. The third-order valence-electron chi connectivity index (χ3n) is 3.68. The van der Waals surface area contributed by atoms with Crippen molar-refractivity contribution in [3.63, 3.8) is 0 Å². The topological polar surface area (TPSA) is 43.1 Å². The molecule has 124 valence electrons. The highest BCUT2D eigenvalue weighted by atomic mass is 16.1. The van der Waals surface area contributed by atoms with Gasteiger partial charge in [-0.25, -0.2) is 0 Å². The van der Waals surface area contributed by atoms with Crippen LogP contribution in [-0.4, -0.2) is 12.8 Å². The molecule has 0 amide bonds. The van der Waals surface area contributed by atoms with Gasteiger partial charge < -0.3 is 10.5 Å². The third-order valence-corrected chi connectivity index (χ3v) is 3.68. The Hall–Kier alpha value is -1.41. The molecule has 0 radical (unpaired) electrons. The van der Waals surface area contributed by atoms with Crippen molar-refractivity contribution in [2.75, 3.05) is 6.54 Å². The molecule has 2 N–H and O–H groups in total. The van der Waals surface area contributed by atoms with Gasteiger partial charge in [-0.1, -0.05) is 69.0 Å². The van der Waals surface area contributed by atoms with Crippen LogP contribution in [0.2, 0.25) is 0 Å². The van der Waals surface area contributed by atoms with Crippen molar-refractivity contribution in [1.29, 1.82) is 0 Å². The highest BCUT2D eigenvalue weighted by Crippen LogP contribution is 2.16. The average Bonchev–Trinajstić information content (AvgIpc) is 2.56. The van der Waals surface area contributed by atoms with Crippen LogP contribution in [0, 0.1) is 0 Å². The monoisotopic (exact) mass is 303 g/mol. The number of carbonyl (C=O) groups excluding carboxylic acids is 1. The molecule has 1 atom stereocenters. The van der Waals surface area contributed by atoms with Gasteiger partial charge in [0.2, 0.25) is 0 Å². The Morgan fingerprint density at radius 3 is 2.18 bits per heavy atom. The molecule has 0 aliphatic carbocycles. The van der Waals surface area contributed by atoms with Crippen LogP contribution in [0.25, 0.3) is 0 Å². The summed E-state index contributed by atoms with van der Waals surface area (Å²) in [6.07, 6.45) is 12.7. The first-order valence-corrected chi connectivity index (χ1v) is 8.55. The zero-order chi connectivity index (χ0) is 16.5. The van der Waals surface area contributed by atoms with Gasteiger partial charge >= 0.3 is 0 Å². The van der Waals surface area contributed by atoms with Crippen molar-refractivity contribution in [3.05, 3.63) is 48.6 Å². The number of hydrogen-bond acceptors (Lipinski definition) is 2. The number of rotatable bonds is 11. The predicted molar refractivity (Wildman–Crippen MR) is 97.1 cm³/mol. The number of unbranched alkanes of at least 4 members (excludes halogenated alkanes) is 6. The van der Waals surface area contributed by atoms with Gasteiger partial charge in [-0.15, -0.1) is 6.58 Å². The number of benzene rings is 1. The molecular weight excluding hydrogens is 270 g/mol. The molecule has 0 aromatic heterocycles. The summed E-state index contributed by atoms with van der Waals surface area (Å²) >= 11 is 0. The van der Waals surface area contributed by atoms with E-state index in [9.17, 15) is 4.79 Å². The van der Waals surface area contributed by atoms with Gasteiger partial charge in [0.05, 0.1) is 0 Å². The minimum atomic E-state index is 0.355. The Balaban J connectivity index is 0.000000401. The Kier molecular flexibility index (Phi) is 14.9. The Bertz CT molecular complexity index is 361. The summed E-state index contributed by atoms with van der Waals surface area (Å²) < 4.78 is 0. The van der Waals surface area contributed by atoms with E-state index >= 15 is 0 Å². The van der Waals surface area contributed by atoms with E-state index in [0.717, 1.165) is 12.8 Å². The number of hydrogen-bond donors (Lipinski definition) is 1. The van der Waals surface area contributed by atoms with E-state index in [1.165, 1.54) is 50.5 Å². The fraction of sp³-hybridized carbons (Fsp3) is 0.550. The highest BCUT2D eigenvalue weighted by molar-refractivity contribution is 5.51. The lowest BCUT2D eigenvalue weighted by atomic mass is 9.99. The number of allylic oxidation sites excluding steroid dienone is 1. The lowest BCUT2D eigenvalue weighted by Gasteiger charge is -2.06. The zero-order valence-electron chi connectivity index (χ0n) is 14.2. The molecule has 0 spiro atoms. The standard InChI is InChI=1S/C10H21N.C10H12O/c1-2-3-4-5-6-7-8-9-10-11;1-9(7-8-11)10-5-3-2-4-6-10/h2H,1,3-11H2;2-6,8-9H,7H2,1H3. The van der Waals surface area contributed by atoms with Crippen LogP contribution in [0.3, 0.4) is 0 Å². The SMILES string of the molecule is C=CCCCCCCCCN.CC(CC=O)c1ccccc1. The number of aldehydes is 1. The summed E-state index contributed by atoms with van der Waals surface area (Å²) in [6.45, 7) is 6.60. The van der Waals surface area contributed by atoms with E-state index in [4.69, 9.17) is 5.73 Å². The first-order chi connectivity index (χ1) is 10.8. The minimum absolute atomic E-state index is 0.355. The van der Waals surface area contributed by atoms with Crippen LogP contribution in [0.1, 0.15) is 69.8 Å². The fourth-order valence-electron chi connectivity index (χ4n) is 2.20. The Morgan fingerprint density at radius 1 is 1.05 bits per heavy atom. The molecular formula is C20H33NO. The van der Waals surface area contributed by atoms with Crippen molar-refractivity contribution in [1.82, 2.24) is 0 Å². The van der Waals surface area contributed by atoms with E-state index in [2.05, 4.69) is 13.5 Å². The predicted octanol–water partition coefficient (Wildman–Crippen LogP) is 5.24. The second-order valence-corrected chi connectivity index (χ2v) is 5.70. The van der Waals surface area contributed by atoms with Gasteiger partial charge in [0.25, 0.3) is 0 Å². The van der Waals surface area contributed by atoms with Crippen LogP contribution in [0.15, 0.2) is 43.0 Å². The molecule has 2 nitrogen and oxygen atoms in total. The van der Waals surface area contributed by atoms with E-state index in [1.807, 2.05) is 36.4 Å². The average molecular weight is 303 g/mol. The van der Waals surface area contributed by atoms with Gasteiger partial charge in [0.1, 0.15) is 6.29 Å². The molecule has 22 heavy (non-hydrogen) atoms. The minimum Gasteiger partial charge on any atom is -0.330 e. The van der Waals surface area contributed by atoms with E-state index in [1.54, 1.807) is 0 Å². The summed E-state index contributed by atoms with van der Waals surface area (Å²) in [5.74, 6) is 0.355. The summed E-state index contributed by atoms with van der Waals surface area (Å²) in [7, 11) is 0. The van der Waals surface area contributed by atoms with Crippen molar-refractivity contribution in [2.45, 2.75) is 64.2 Å². The normalized spacial score (nSPS) is 11.2. The lowest BCUT2D eigenvalue weighted by molar-refractivity contribution is -0.108. The Morgan fingerprint density at radius 2 is 1.64 bits per heavy atom. The molecule has 0 heterocycles. The lowest BCUT2D eigenvalue weighted by Crippen LogP contribution is -1.97. The van der Waals surface area contributed by atoms with Crippen LogP contribution < -0.4 is 5.73 Å². The molecule has 0 aliphatic rings. The van der Waals surface area contributed by atoms with Gasteiger partial charge in [-0.3, -0.25) is 0 Å². The maximum Gasteiger partial charge on any atom is 0.120 e.